The van der Waals surface area contributed by atoms with Crippen LogP contribution in [0.5, 0.6) is 0 Å². The Morgan fingerprint density at radius 1 is 1.04 bits per heavy atom. The standard InChI is InChI=1S/C31H36F5N7O3/c1-16(2)24-15-41(6-7-46-24)30-38-10-19(11-39-30)26-22(32)9-23(42-12-17(3)40(5)18(4)13-42)28(27(26)33)43-14-20(29(37)45)21(8-25(43)44)31(34,35)36/h8-11,14,16-18,24H,6-7,12-13,15H2,1-5H3,(H2,37,45)/t17-,18+,24-/m0/s1. The number of nitrogens with zero attached hydrogens (tertiary/aromatic N) is 6. The van der Waals surface area contributed by atoms with Crippen LogP contribution in [-0.4, -0.2) is 83.4 Å². The molecule has 0 spiro atoms. The highest BCUT2D eigenvalue weighted by Gasteiger charge is 2.37. The number of carbonyl (C=O) groups excluding carboxylic acids is 1. The van der Waals surface area contributed by atoms with E-state index in [0.717, 1.165) is 6.07 Å². The maximum absolute atomic E-state index is 16.8. The van der Waals surface area contributed by atoms with Crippen LogP contribution >= 0.6 is 0 Å². The number of piperazine rings is 1. The highest BCUT2D eigenvalue weighted by atomic mass is 19.4. The smallest absolute Gasteiger partial charge is 0.374 e. The fourth-order valence-electron chi connectivity index (χ4n) is 5.94. The van der Waals surface area contributed by atoms with E-state index in [9.17, 15) is 22.8 Å². The monoisotopic (exact) mass is 649 g/mol. The van der Waals surface area contributed by atoms with Crippen molar-refractivity contribution in [3.63, 3.8) is 0 Å². The van der Waals surface area contributed by atoms with Crippen LogP contribution in [0.25, 0.3) is 16.8 Å². The summed E-state index contributed by atoms with van der Waals surface area (Å²) >= 11 is 0. The third-order valence-corrected chi connectivity index (χ3v) is 8.78. The van der Waals surface area contributed by atoms with E-state index in [4.69, 9.17) is 10.5 Å². The van der Waals surface area contributed by atoms with Gasteiger partial charge < -0.3 is 20.3 Å². The van der Waals surface area contributed by atoms with Gasteiger partial charge in [0.25, 0.3) is 11.5 Å². The number of benzene rings is 1. The SMILES string of the molecule is CC(C)[C@@H]1CN(c2ncc(-c3c(F)cc(N4C[C@@H](C)N(C)[C@@H](C)C4)c(-n4cc(C(N)=O)c(C(F)(F)F)cc4=O)c3F)cn2)CCO1. The van der Waals surface area contributed by atoms with Gasteiger partial charge in [-0.1, -0.05) is 13.8 Å². The lowest BCUT2D eigenvalue weighted by atomic mass is 10.0. The Kier molecular flexibility index (Phi) is 9.10. The minimum Gasteiger partial charge on any atom is -0.374 e. The summed E-state index contributed by atoms with van der Waals surface area (Å²) in [5, 5.41) is 0. The van der Waals surface area contributed by atoms with Crippen LogP contribution in [0.3, 0.4) is 0 Å². The van der Waals surface area contributed by atoms with Crippen LogP contribution in [-0.2, 0) is 10.9 Å². The zero-order chi connectivity index (χ0) is 33.7. The van der Waals surface area contributed by atoms with Crippen LogP contribution in [0.15, 0.2) is 35.5 Å². The molecule has 46 heavy (non-hydrogen) atoms. The van der Waals surface area contributed by atoms with Gasteiger partial charge in [0, 0.05) is 74.5 Å². The molecule has 2 aliphatic heterocycles. The molecule has 0 aliphatic carbocycles. The number of carbonyl (C=O) groups is 1. The Hall–Kier alpha value is -4.11. The van der Waals surface area contributed by atoms with Crippen molar-refractivity contribution in [3.05, 3.63) is 63.8 Å². The third-order valence-electron chi connectivity index (χ3n) is 8.78. The summed E-state index contributed by atoms with van der Waals surface area (Å²) in [4.78, 5) is 39.7. The van der Waals surface area contributed by atoms with Crippen molar-refractivity contribution >= 4 is 17.5 Å². The molecule has 5 rings (SSSR count). The summed E-state index contributed by atoms with van der Waals surface area (Å²) < 4.78 is 80.3. The number of hydrogen-bond donors (Lipinski definition) is 1. The molecule has 0 bridgehead atoms. The number of halogens is 5. The van der Waals surface area contributed by atoms with E-state index < -0.39 is 51.7 Å². The highest BCUT2D eigenvalue weighted by molar-refractivity contribution is 5.94. The summed E-state index contributed by atoms with van der Waals surface area (Å²) in [6.07, 6.45) is -2.08. The van der Waals surface area contributed by atoms with Gasteiger partial charge >= 0.3 is 6.18 Å². The van der Waals surface area contributed by atoms with Gasteiger partial charge in [0.1, 0.15) is 11.5 Å². The summed E-state index contributed by atoms with van der Waals surface area (Å²) in [7, 11) is 1.90. The molecule has 248 valence electrons. The number of aromatic nitrogens is 3. The van der Waals surface area contributed by atoms with Crippen LogP contribution < -0.4 is 21.1 Å². The number of pyridine rings is 1. The van der Waals surface area contributed by atoms with Gasteiger partial charge in [-0.15, -0.1) is 0 Å². The lowest BCUT2D eigenvalue weighted by Crippen LogP contribution is -2.55. The van der Waals surface area contributed by atoms with Gasteiger partial charge in [-0.25, -0.2) is 18.7 Å². The average Bonchev–Trinajstić information content (AvgIpc) is 2.99. The fourth-order valence-corrected chi connectivity index (χ4v) is 5.94. The molecule has 2 aromatic heterocycles. The molecular formula is C31H36F5N7O3. The Morgan fingerprint density at radius 2 is 1.67 bits per heavy atom. The molecule has 3 aromatic rings. The van der Waals surface area contributed by atoms with E-state index in [2.05, 4.69) is 14.9 Å². The second-order valence-electron chi connectivity index (χ2n) is 12.2. The number of ether oxygens (including phenoxy) is 1. The molecule has 4 heterocycles. The lowest BCUT2D eigenvalue weighted by Gasteiger charge is -2.44. The Labute approximate surface area is 262 Å². The normalized spacial score (nSPS) is 21.2. The quantitative estimate of drug-likeness (QED) is 0.398. The van der Waals surface area contributed by atoms with Gasteiger partial charge in [-0.3, -0.25) is 19.1 Å². The van der Waals surface area contributed by atoms with E-state index in [0.29, 0.717) is 49.5 Å². The lowest BCUT2D eigenvalue weighted by molar-refractivity contribution is -0.138. The highest BCUT2D eigenvalue weighted by Crippen LogP contribution is 2.38. The number of nitrogens with two attached hydrogens (primary N) is 1. The number of amides is 1. The van der Waals surface area contributed by atoms with Gasteiger partial charge in [0.2, 0.25) is 5.95 Å². The topological polar surface area (TPSA) is 110 Å². The predicted octanol–water partition coefficient (Wildman–Crippen LogP) is 4.08. The summed E-state index contributed by atoms with van der Waals surface area (Å²) in [6.45, 7) is 9.97. The number of rotatable bonds is 6. The van der Waals surface area contributed by atoms with E-state index >= 15 is 8.78 Å². The number of morpholine rings is 1. The van der Waals surface area contributed by atoms with E-state index in [1.54, 1.807) is 4.90 Å². The van der Waals surface area contributed by atoms with Gasteiger partial charge in [-0.05, 0) is 26.8 Å². The van der Waals surface area contributed by atoms with Crippen molar-refractivity contribution in [1.82, 2.24) is 19.4 Å². The number of likely N-dealkylation sites (N-methyl/N-ethyl adjacent to an activating group) is 1. The van der Waals surface area contributed by atoms with Crippen molar-refractivity contribution in [3.8, 4) is 16.8 Å². The Balaban J connectivity index is 1.68. The molecule has 2 N–H and O–H groups in total. The van der Waals surface area contributed by atoms with Crippen molar-refractivity contribution in [2.24, 2.45) is 11.7 Å². The summed E-state index contributed by atoms with van der Waals surface area (Å²) in [5.74, 6) is -3.13. The number of primary amides is 1. The van der Waals surface area contributed by atoms with Crippen molar-refractivity contribution in [2.75, 3.05) is 49.6 Å². The largest absolute Gasteiger partial charge is 0.417 e. The molecule has 1 amide bonds. The summed E-state index contributed by atoms with van der Waals surface area (Å²) in [6, 6.07) is 1.07. The number of hydrogen-bond acceptors (Lipinski definition) is 8. The zero-order valence-electron chi connectivity index (χ0n) is 26.1. The maximum atomic E-state index is 16.8. The van der Waals surface area contributed by atoms with Crippen LogP contribution in [0.2, 0.25) is 0 Å². The second kappa shape index (κ2) is 12.6. The average molecular weight is 650 g/mol. The van der Waals surface area contributed by atoms with Crippen LogP contribution in [0.1, 0.15) is 43.6 Å². The van der Waals surface area contributed by atoms with Gasteiger partial charge in [0.15, 0.2) is 5.82 Å². The molecule has 2 fully saturated rings. The predicted molar refractivity (Wildman–Crippen MR) is 162 cm³/mol. The molecule has 0 saturated carbocycles. The van der Waals surface area contributed by atoms with E-state index in [1.807, 2.05) is 39.6 Å². The third kappa shape index (κ3) is 6.30. The number of alkyl halides is 3. The molecule has 1 aromatic carbocycles. The first-order valence-electron chi connectivity index (χ1n) is 14.9. The van der Waals surface area contributed by atoms with E-state index in [-0.39, 0.29) is 41.4 Å². The molecule has 15 heteroatoms. The van der Waals surface area contributed by atoms with Crippen LogP contribution in [0, 0.1) is 17.6 Å². The van der Waals surface area contributed by atoms with Crippen molar-refractivity contribution in [2.45, 2.75) is 52.1 Å². The van der Waals surface area contributed by atoms with Crippen molar-refractivity contribution < 1.29 is 31.5 Å². The minimum atomic E-state index is -5.09. The van der Waals surface area contributed by atoms with Crippen LogP contribution in [0.4, 0.5) is 33.6 Å². The van der Waals surface area contributed by atoms with Gasteiger partial charge in [-0.2, -0.15) is 13.2 Å². The molecule has 10 nitrogen and oxygen atoms in total. The first-order valence-corrected chi connectivity index (χ1v) is 14.9. The fraction of sp³-hybridized carbons (Fsp3) is 0.484. The van der Waals surface area contributed by atoms with Crippen molar-refractivity contribution in [1.29, 1.82) is 0 Å². The molecule has 0 radical (unpaired) electrons. The molecule has 2 aliphatic rings. The number of anilines is 2. The Morgan fingerprint density at radius 3 is 2.24 bits per heavy atom. The van der Waals surface area contributed by atoms with Gasteiger partial charge in [0.05, 0.1) is 35.1 Å². The first kappa shape index (κ1) is 33.3. The maximum Gasteiger partial charge on any atom is 0.417 e. The molecule has 0 unspecified atom stereocenters. The molecule has 2 saturated heterocycles. The molecular weight excluding hydrogens is 613 g/mol. The first-order chi connectivity index (χ1) is 21.6. The second-order valence-corrected chi connectivity index (χ2v) is 12.2. The summed E-state index contributed by atoms with van der Waals surface area (Å²) in [5.41, 5.74) is 0.135. The Bertz CT molecular complexity index is 1670. The zero-order valence-corrected chi connectivity index (χ0v) is 26.1. The van der Waals surface area contributed by atoms with E-state index in [1.165, 1.54) is 12.4 Å². The molecule has 3 atom stereocenters. The minimum absolute atomic E-state index is 0.0469.